The predicted molar refractivity (Wildman–Crippen MR) is 104 cm³/mol. The molecule has 28 heavy (non-hydrogen) atoms. The molecule has 0 saturated carbocycles. The molecule has 140 valence electrons. The van der Waals surface area contributed by atoms with E-state index < -0.39 is 5.91 Å². The van der Waals surface area contributed by atoms with Crippen LogP contribution in [-0.4, -0.2) is 38.2 Å². The summed E-state index contributed by atoms with van der Waals surface area (Å²) in [4.78, 5) is 24.6. The van der Waals surface area contributed by atoms with Gasteiger partial charge in [-0.2, -0.15) is 20.1 Å². The van der Waals surface area contributed by atoms with Crippen molar-refractivity contribution >= 4 is 22.8 Å². The van der Waals surface area contributed by atoms with Crippen LogP contribution in [-0.2, 0) is 6.54 Å². The van der Waals surface area contributed by atoms with E-state index in [1.54, 1.807) is 12.1 Å². The number of ether oxygens (including phenoxy) is 1. The van der Waals surface area contributed by atoms with Crippen LogP contribution in [0.1, 0.15) is 15.9 Å². The first-order valence-corrected chi connectivity index (χ1v) is 8.51. The molecule has 0 saturated heterocycles. The van der Waals surface area contributed by atoms with E-state index in [9.17, 15) is 4.79 Å². The van der Waals surface area contributed by atoms with Crippen LogP contribution in [0.15, 0.2) is 48.5 Å². The van der Waals surface area contributed by atoms with E-state index in [-0.39, 0.29) is 6.01 Å². The second-order valence-electron chi connectivity index (χ2n) is 5.97. The molecule has 0 spiro atoms. The third-order valence-corrected chi connectivity index (χ3v) is 4.16. The van der Waals surface area contributed by atoms with Crippen molar-refractivity contribution in [2.24, 2.45) is 5.73 Å². The number of nitrogens with two attached hydrogens (primary N) is 1. The Kier molecular flexibility index (Phi) is 4.55. The lowest BCUT2D eigenvalue weighted by atomic mass is 10.1. The molecule has 0 fully saturated rings. The number of carbonyl (C=O) groups excluding carboxylic acids is 1. The number of benzene rings is 2. The number of aromatic nitrogens is 5. The Labute approximate surface area is 160 Å². The van der Waals surface area contributed by atoms with Crippen molar-refractivity contribution in [3.63, 3.8) is 0 Å². The SMILES string of the molecule is COc1nc(NCc2ccccc2)nc(-c2[nH]nc3c(C(N)=O)cccc23)n1. The van der Waals surface area contributed by atoms with Crippen LogP contribution < -0.4 is 15.8 Å². The van der Waals surface area contributed by atoms with Gasteiger partial charge < -0.3 is 15.8 Å². The predicted octanol–water partition coefficient (Wildman–Crippen LogP) is 2.13. The van der Waals surface area contributed by atoms with E-state index in [2.05, 4.69) is 30.5 Å². The highest BCUT2D eigenvalue weighted by Crippen LogP contribution is 2.27. The number of aromatic amines is 1. The third-order valence-electron chi connectivity index (χ3n) is 4.16. The van der Waals surface area contributed by atoms with Crippen molar-refractivity contribution in [1.82, 2.24) is 25.1 Å². The molecule has 9 heteroatoms. The Morgan fingerprint density at radius 3 is 2.68 bits per heavy atom. The second-order valence-corrected chi connectivity index (χ2v) is 5.97. The van der Waals surface area contributed by atoms with Crippen molar-refractivity contribution in [2.45, 2.75) is 6.54 Å². The summed E-state index contributed by atoms with van der Waals surface area (Å²) in [5, 5.41) is 10.9. The summed E-state index contributed by atoms with van der Waals surface area (Å²) in [6, 6.07) is 15.2. The van der Waals surface area contributed by atoms with Gasteiger partial charge in [-0.1, -0.05) is 42.5 Å². The standard InChI is InChI=1S/C19H17N7O2/c1-28-19-23-17(22-18(24-19)21-10-11-6-3-2-4-7-11)15-12-8-5-9-13(16(20)27)14(12)25-26-15/h2-9H,10H2,1H3,(H2,20,27)(H,25,26)(H,21,22,23,24). The highest BCUT2D eigenvalue weighted by atomic mass is 16.5. The van der Waals surface area contributed by atoms with Crippen molar-refractivity contribution in [1.29, 1.82) is 0 Å². The van der Waals surface area contributed by atoms with E-state index in [1.165, 1.54) is 7.11 Å². The van der Waals surface area contributed by atoms with Gasteiger partial charge in [-0.05, 0) is 11.6 Å². The molecule has 4 N–H and O–H groups in total. The van der Waals surface area contributed by atoms with Gasteiger partial charge in [0, 0.05) is 11.9 Å². The van der Waals surface area contributed by atoms with E-state index in [4.69, 9.17) is 10.5 Å². The fraction of sp³-hybridized carbons (Fsp3) is 0.105. The number of nitrogens with one attached hydrogen (secondary N) is 2. The molecule has 0 atom stereocenters. The quantitative estimate of drug-likeness (QED) is 0.470. The number of H-pyrrole nitrogens is 1. The zero-order chi connectivity index (χ0) is 19.5. The van der Waals surface area contributed by atoms with Crippen LogP contribution in [0, 0.1) is 0 Å². The van der Waals surface area contributed by atoms with Crippen LogP contribution in [0.2, 0.25) is 0 Å². The molecule has 2 aromatic carbocycles. The number of fused-ring (bicyclic) bond motifs is 1. The fourth-order valence-electron chi connectivity index (χ4n) is 2.82. The topological polar surface area (TPSA) is 132 Å². The summed E-state index contributed by atoms with van der Waals surface area (Å²) >= 11 is 0. The van der Waals surface area contributed by atoms with Crippen LogP contribution >= 0.6 is 0 Å². The number of primary amides is 1. The van der Waals surface area contributed by atoms with Crippen molar-refractivity contribution in [3.05, 3.63) is 59.7 Å². The summed E-state index contributed by atoms with van der Waals surface area (Å²) in [6.07, 6.45) is 0. The fourth-order valence-corrected chi connectivity index (χ4v) is 2.82. The van der Waals surface area contributed by atoms with Gasteiger partial charge in [0.25, 0.3) is 5.91 Å². The van der Waals surface area contributed by atoms with Gasteiger partial charge in [-0.3, -0.25) is 9.89 Å². The average molecular weight is 375 g/mol. The van der Waals surface area contributed by atoms with Gasteiger partial charge >= 0.3 is 6.01 Å². The van der Waals surface area contributed by atoms with E-state index in [1.807, 2.05) is 36.4 Å². The maximum absolute atomic E-state index is 11.6. The normalized spacial score (nSPS) is 10.8. The average Bonchev–Trinajstić information content (AvgIpc) is 3.17. The lowest BCUT2D eigenvalue weighted by Gasteiger charge is -2.08. The first-order chi connectivity index (χ1) is 13.7. The van der Waals surface area contributed by atoms with Crippen LogP contribution in [0.3, 0.4) is 0 Å². The Morgan fingerprint density at radius 1 is 1.11 bits per heavy atom. The number of hydrogen-bond donors (Lipinski definition) is 3. The van der Waals surface area contributed by atoms with Gasteiger partial charge in [0.1, 0.15) is 11.2 Å². The van der Waals surface area contributed by atoms with Crippen molar-refractivity contribution in [2.75, 3.05) is 12.4 Å². The summed E-state index contributed by atoms with van der Waals surface area (Å²) in [6.45, 7) is 0.545. The Hall–Kier alpha value is -4.01. The molecule has 2 heterocycles. The maximum Gasteiger partial charge on any atom is 0.321 e. The molecule has 0 aliphatic heterocycles. The number of rotatable bonds is 6. The molecule has 0 bridgehead atoms. The number of nitrogens with zero attached hydrogens (tertiary/aromatic N) is 4. The Bertz CT molecular complexity index is 1140. The smallest absolute Gasteiger partial charge is 0.321 e. The molecule has 0 unspecified atom stereocenters. The lowest BCUT2D eigenvalue weighted by molar-refractivity contribution is 0.100. The summed E-state index contributed by atoms with van der Waals surface area (Å²) in [5.41, 5.74) is 7.84. The lowest BCUT2D eigenvalue weighted by Crippen LogP contribution is -2.11. The highest BCUT2D eigenvalue weighted by molar-refractivity contribution is 6.07. The van der Waals surface area contributed by atoms with E-state index in [0.29, 0.717) is 40.5 Å². The molecule has 2 aromatic heterocycles. The molecular formula is C19H17N7O2. The van der Waals surface area contributed by atoms with E-state index >= 15 is 0 Å². The zero-order valence-electron chi connectivity index (χ0n) is 15.0. The minimum absolute atomic E-state index is 0.161. The number of hydrogen-bond acceptors (Lipinski definition) is 7. The first-order valence-electron chi connectivity index (χ1n) is 8.51. The molecule has 4 aromatic rings. The monoisotopic (exact) mass is 375 g/mol. The van der Waals surface area contributed by atoms with Crippen LogP contribution in [0.5, 0.6) is 6.01 Å². The van der Waals surface area contributed by atoms with Gasteiger partial charge in [0.05, 0.1) is 12.7 Å². The number of anilines is 1. The molecule has 0 aliphatic carbocycles. The molecule has 0 radical (unpaired) electrons. The highest BCUT2D eigenvalue weighted by Gasteiger charge is 2.17. The zero-order valence-corrected chi connectivity index (χ0v) is 15.0. The molecule has 9 nitrogen and oxygen atoms in total. The minimum atomic E-state index is -0.554. The Balaban J connectivity index is 1.73. The van der Waals surface area contributed by atoms with Gasteiger partial charge in [0.2, 0.25) is 5.95 Å². The minimum Gasteiger partial charge on any atom is -0.467 e. The molecule has 4 rings (SSSR count). The Morgan fingerprint density at radius 2 is 1.93 bits per heavy atom. The summed E-state index contributed by atoms with van der Waals surface area (Å²) in [5.74, 6) is 0.146. The number of carbonyl (C=O) groups is 1. The van der Waals surface area contributed by atoms with Crippen molar-refractivity contribution in [3.8, 4) is 17.5 Å². The number of amides is 1. The van der Waals surface area contributed by atoms with Crippen LogP contribution in [0.25, 0.3) is 22.4 Å². The van der Waals surface area contributed by atoms with E-state index in [0.717, 1.165) is 5.56 Å². The summed E-state index contributed by atoms with van der Waals surface area (Å²) in [7, 11) is 1.48. The van der Waals surface area contributed by atoms with Crippen molar-refractivity contribution < 1.29 is 9.53 Å². The number of para-hydroxylation sites is 1. The molecule has 1 amide bonds. The van der Waals surface area contributed by atoms with Gasteiger partial charge in [-0.25, -0.2) is 0 Å². The van der Waals surface area contributed by atoms with Crippen LogP contribution in [0.4, 0.5) is 5.95 Å². The molecular weight excluding hydrogens is 358 g/mol. The summed E-state index contributed by atoms with van der Waals surface area (Å²) < 4.78 is 5.21. The third kappa shape index (κ3) is 3.32. The molecule has 0 aliphatic rings. The van der Waals surface area contributed by atoms with Gasteiger partial charge in [-0.15, -0.1) is 0 Å². The maximum atomic E-state index is 11.6. The first kappa shape index (κ1) is 17.4. The van der Waals surface area contributed by atoms with Gasteiger partial charge in [0.15, 0.2) is 5.82 Å². The second kappa shape index (κ2) is 7.31. The number of methoxy groups -OCH3 is 1. The largest absolute Gasteiger partial charge is 0.467 e.